The Labute approximate surface area is 195 Å². The summed E-state index contributed by atoms with van der Waals surface area (Å²) < 4.78 is 42.1. The van der Waals surface area contributed by atoms with Crippen LogP contribution in [0.3, 0.4) is 0 Å². The number of rotatable bonds is 4. The Morgan fingerprint density at radius 3 is 2.24 bits per heavy atom. The zero-order valence-corrected chi connectivity index (χ0v) is 18.5. The van der Waals surface area contributed by atoms with Crippen LogP contribution in [0.4, 0.5) is 13.2 Å². The third-order valence-corrected chi connectivity index (χ3v) is 7.86. The SMILES string of the molecule is O=C(NC1[C@H]2C[C@@H]3C[C@@H](C[C@H]1C3)C2)c1ccc(-n2nc(-c3cccnc3)cc2C(F)(F)F)cc1. The molecule has 4 saturated carbocycles. The maximum atomic E-state index is 13.7. The molecular weight excluding hydrogens is 441 g/mol. The minimum absolute atomic E-state index is 0.156. The summed E-state index contributed by atoms with van der Waals surface area (Å²) >= 11 is 0. The number of aromatic nitrogens is 3. The first-order valence-electron chi connectivity index (χ1n) is 11.8. The van der Waals surface area contributed by atoms with E-state index >= 15 is 0 Å². The highest BCUT2D eigenvalue weighted by Crippen LogP contribution is 2.53. The molecule has 0 radical (unpaired) electrons. The van der Waals surface area contributed by atoms with E-state index in [-0.39, 0.29) is 23.3 Å². The van der Waals surface area contributed by atoms with Gasteiger partial charge in [0.2, 0.25) is 0 Å². The zero-order chi connectivity index (χ0) is 23.4. The number of carbonyl (C=O) groups is 1. The van der Waals surface area contributed by atoms with Gasteiger partial charge in [-0.1, -0.05) is 0 Å². The van der Waals surface area contributed by atoms with E-state index in [4.69, 9.17) is 0 Å². The Hall–Kier alpha value is -3.16. The Bertz CT molecular complexity index is 1180. The molecule has 4 aliphatic rings. The van der Waals surface area contributed by atoms with Gasteiger partial charge in [0.05, 0.1) is 11.4 Å². The number of halogens is 3. The summed E-state index contributed by atoms with van der Waals surface area (Å²) in [6, 6.07) is 10.7. The molecule has 1 amide bonds. The first kappa shape index (κ1) is 21.4. The van der Waals surface area contributed by atoms with Crippen molar-refractivity contribution in [2.75, 3.05) is 0 Å². The van der Waals surface area contributed by atoms with Crippen molar-refractivity contribution >= 4 is 5.91 Å². The summed E-state index contributed by atoms with van der Waals surface area (Å²) in [5, 5.41) is 7.44. The van der Waals surface area contributed by atoms with Crippen LogP contribution in [0.15, 0.2) is 54.9 Å². The van der Waals surface area contributed by atoms with Gasteiger partial charge in [-0.3, -0.25) is 9.78 Å². The van der Waals surface area contributed by atoms with Crippen LogP contribution >= 0.6 is 0 Å². The summed E-state index contributed by atoms with van der Waals surface area (Å²) in [7, 11) is 0. The van der Waals surface area contributed by atoms with Crippen LogP contribution in [0.1, 0.15) is 48.2 Å². The van der Waals surface area contributed by atoms with Gasteiger partial charge in [-0.05, 0) is 98.2 Å². The van der Waals surface area contributed by atoms with Crippen LogP contribution in [0.25, 0.3) is 16.9 Å². The van der Waals surface area contributed by atoms with Gasteiger partial charge in [-0.2, -0.15) is 18.3 Å². The molecule has 1 aromatic carbocycles. The molecule has 176 valence electrons. The minimum Gasteiger partial charge on any atom is -0.349 e. The second-order valence-corrected chi connectivity index (χ2v) is 10.0. The van der Waals surface area contributed by atoms with Crippen molar-refractivity contribution < 1.29 is 18.0 Å². The van der Waals surface area contributed by atoms with Gasteiger partial charge in [0.25, 0.3) is 5.91 Å². The fourth-order valence-corrected chi connectivity index (χ4v) is 6.58. The van der Waals surface area contributed by atoms with Gasteiger partial charge in [0.1, 0.15) is 5.69 Å². The molecule has 4 fully saturated rings. The Morgan fingerprint density at radius 1 is 0.971 bits per heavy atom. The molecule has 0 aliphatic heterocycles. The topological polar surface area (TPSA) is 59.8 Å². The highest BCUT2D eigenvalue weighted by molar-refractivity contribution is 5.94. The van der Waals surface area contributed by atoms with E-state index in [2.05, 4.69) is 15.4 Å². The van der Waals surface area contributed by atoms with E-state index in [1.165, 1.54) is 50.4 Å². The van der Waals surface area contributed by atoms with E-state index in [9.17, 15) is 18.0 Å². The molecule has 0 saturated heterocycles. The average Bonchev–Trinajstić information content (AvgIpc) is 3.28. The standard InChI is InChI=1S/C26H25F3N4O/c27-26(28,29)23-13-22(18-2-1-7-30-14-18)32-33(23)21-5-3-17(4-6-21)25(34)31-24-19-9-15-8-16(11-19)12-20(24)10-15/h1-7,13-16,19-20,24H,8-12H2,(H,31,34)/t15-,16+,19-,20+,24?. The summed E-state index contributed by atoms with van der Waals surface area (Å²) in [6.07, 6.45) is 4.62. The molecular formula is C26H25F3N4O. The van der Waals surface area contributed by atoms with Crippen LogP contribution in [-0.4, -0.2) is 26.7 Å². The normalized spacial score (nSPS) is 27.7. The Balaban J connectivity index is 1.24. The summed E-state index contributed by atoms with van der Waals surface area (Å²) in [6.45, 7) is 0. The molecule has 2 aromatic heterocycles. The van der Waals surface area contributed by atoms with E-state index < -0.39 is 11.9 Å². The second-order valence-electron chi connectivity index (χ2n) is 10.0. The molecule has 4 aliphatic carbocycles. The lowest BCUT2D eigenvalue weighted by Crippen LogP contribution is -2.55. The largest absolute Gasteiger partial charge is 0.433 e. The lowest BCUT2D eigenvalue weighted by atomic mass is 9.54. The van der Waals surface area contributed by atoms with Gasteiger partial charge >= 0.3 is 6.18 Å². The molecule has 0 spiro atoms. The molecule has 1 N–H and O–H groups in total. The molecule has 4 bridgehead atoms. The van der Waals surface area contributed by atoms with E-state index in [0.29, 0.717) is 23.0 Å². The van der Waals surface area contributed by atoms with Crippen molar-refractivity contribution in [3.8, 4) is 16.9 Å². The van der Waals surface area contributed by atoms with Crippen LogP contribution in [0.5, 0.6) is 0 Å². The number of nitrogens with zero attached hydrogens (tertiary/aromatic N) is 3. The molecule has 5 nitrogen and oxygen atoms in total. The highest BCUT2D eigenvalue weighted by Gasteiger charge is 2.48. The van der Waals surface area contributed by atoms with Crippen molar-refractivity contribution in [1.29, 1.82) is 0 Å². The Morgan fingerprint density at radius 2 is 1.65 bits per heavy atom. The van der Waals surface area contributed by atoms with Crippen molar-refractivity contribution in [3.63, 3.8) is 0 Å². The number of carbonyl (C=O) groups excluding carboxylic acids is 1. The van der Waals surface area contributed by atoms with Crippen LogP contribution in [-0.2, 0) is 6.18 Å². The average molecular weight is 467 g/mol. The number of amides is 1. The van der Waals surface area contributed by atoms with Crippen LogP contribution in [0, 0.1) is 23.7 Å². The van der Waals surface area contributed by atoms with Crippen molar-refractivity contribution in [2.24, 2.45) is 23.7 Å². The van der Waals surface area contributed by atoms with E-state index in [0.717, 1.165) is 22.6 Å². The molecule has 34 heavy (non-hydrogen) atoms. The molecule has 0 atom stereocenters. The van der Waals surface area contributed by atoms with E-state index in [1.807, 2.05) is 0 Å². The summed E-state index contributed by atoms with van der Waals surface area (Å²) in [5.41, 5.74) is 0.499. The van der Waals surface area contributed by atoms with Gasteiger partial charge in [0.15, 0.2) is 0 Å². The predicted octanol–water partition coefficient (Wildman–Crippen LogP) is 5.51. The predicted molar refractivity (Wildman–Crippen MR) is 120 cm³/mol. The molecule has 3 aromatic rings. The number of alkyl halides is 3. The summed E-state index contributed by atoms with van der Waals surface area (Å²) in [5.74, 6) is 2.61. The molecule has 7 rings (SSSR count). The number of hydrogen-bond donors (Lipinski definition) is 1. The number of nitrogens with one attached hydrogen (secondary N) is 1. The van der Waals surface area contributed by atoms with Crippen molar-refractivity contribution in [1.82, 2.24) is 20.1 Å². The number of hydrogen-bond acceptors (Lipinski definition) is 3. The van der Waals surface area contributed by atoms with Gasteiger partial charge in [-0.15, -0.1) is 0 Å². The minimum atomic E-state index is -4.58. The smallest absolute Gasteiger partial charge is 0.349 e. The maximum Gasteiger partial charge on any atom is 0.433 e. The zero-order valence-electron chi connectivity index (χ0n) is 18.5. The van der Waals surface area contributed by atoms with Crippen LogP contribution < -0.4 is 5.32 Å². The molecule has 0 unspecified atom stereocenters. The van der Waals surface area contributed by atoms with Crippen LogP contribution in [0.2, 0.25) is 0 Å². The third-order valence-electron chi connectivity index (χ3n) is 7.86. The quantitative estimate of drug-likeness (QED) is 0.552. The monoisotopic (exact) mass is 466 g/mol. The fourth-order valence-electron chi connectivity index (χ4n) is 6.58. The first-order valence-corrected chi connectivity index (χ1v) is 11.8. The maximum absolute atomic E-state index is 13.7. The van der Waals surface area contributed by atoms with Crippen molar-refractivity contribution in [3.05, 3.63) is 66.1 Å². The number of benzene rings is 1. The van der Waals surface area contributed by atoms with Crippen molar-refractivity contribution in [2.45, 2.75) is 44.3 Å². The first-order chi connectivity index (χ1) is 16.3. The molecule has 8 heteroatoms. The number of pyridine rings is 1. The fraction of sp³-hybridized carbons (Fsp3) is 0.423. The van der Waals surface area contributed by atoms with E-state index in [1.54, 1.807) is 30.5 Å². The third kappa shape index (κ3) is 3.79. The lowest BCUT2D eigenvalue weighted by molar-refractivity contribution is -0.142. The van der Waals surface area contributed by atoms with Gasteiger partial charge in [-0.25, -0.2) is 4.68 Å². The second kappa shape index (κ2) is 7.96. The van der Waals surface area contributed by atoms with Gasteiger partial charge < -0.3 is 5.32 Å². The molecule has 2 heterocycles. The Kier molecular flexibility index (Phi) is 5.00. The lowest BCUT2D eigenvalue weighted by Gasteiger charge is -2.54. The van der Waals surface area contributed by atoms with Gasteiger partial charge in [0, 0.05) is 29.6 Å². The highest BCUT2D eigenvalue weighted by atomic mass is 19.4. The summed E-state index contributed by atoms with van der Waals surface area (Å²) in [4.78, 5) is 16.9.